The topological polar surface area (TPSA) is 61.4 Å². The van der Waals surface area contributed by atoms with Crippen LogP contribution in [-0.2, 0) is 16.0 Å². The number of fused-ring (bicyclic) bond motifs is 1. The third kappa shape index (κ3) is 3.33. The molecule has 1 saturated heterocycles. The minimum Gasteiger partial charge on any atom is -0.354 e. The highest BCUT2D eigenvalue weighted by Gasteiger charge is 2.28. The molecule has 0 aromatic carbocycles. The van der Waals surface area contributed by atoms with Crippen molar-refractivity contribution in [2.45, 2.75) is 44.7 Å². The van der Waals surface area contributed by atoms with Crippen molar-refractivity contribution in [3.63, 3.8) is 0 Å². The predicted molar refractivity (Wildman–Crippen MR) is 86.8 cm³/mol. The first-order valence-electron chi connectivity index (χ1n) is 8.02. The first-order chi connectivity index (χ1) is 10.6. The third-order valence-corrected chi connectivity index (χ3v) is 5.62. The second kappa shape index (κ2) is 6.79. The lowest BCUT2D eigenvalue weighted by molar-refractivity contribution is -0.129. The van der Waals surface area contributed by atoms with Crippen LogP contribution < -0.4 is 10.6 Å². The number of thiophene rings is 1. The van der Waals surface area contributed by atoms with E-state index in [1.54, 1.807) is 11.3 Å². The Balaban J connectivity index is 1.57. The maximum Gasteiger partial charge on any atom is 0.242 e. The number of nitrogens with zero attached hydrogens (tertiary/aromatic N) is 1. The predicted octanol–water partition coefficient (Wildman–Crippen LogP) is 1.45. The Morgan fingerprint density at radius 1 is 1.50 bits per heavy atom. The van der Waals surface area contributed by atoms with E-state index in [-0.39, 0.29) is 23.9 Å². The van der Waals surface area contributed by atoms with E-state index in [0.29, 0.717) is 6.54 Å². The van der Waals surface area contributed by atoms with Gasteiger partial charge in [0.25, 0.3) is 0 Å². The van der Waals surface area contributed by atoms with Gasteiger partial charge in [-0.25, -0.2) is 0 Å². The molecule has 1 fully saturated rings. The van der Waals surface area contributed by atoms with Gasteiger partial charge < -0.3 is 10.6 Å². The van der Waals surface area contributed by atoms with Crippen molar-refractivity contribution in [2.75, 3.05) is 19.6 Å². The molecule has 2 amide bonds. The summed E-state index contributed by atoms with van der Waals surface area (Å²) in [5.41, 5.74) is 1.34. The number of hydrogen-bond acceptors (Lipinski definition) is 4. The van der Waals surface area contributed by atoms with Crippen LogP contribution in [-0.4, -0.2) is 42.4 Å². The molecule has 1 aromatic heterocycles. The summed E-state index contributed by atoms with van der Waals surface area (Å²) in [5.74, 6) is -0.0924. The molecular formula is C16H23N3O2S. The van der Waals surface area contributed by atoms with Crippen LogP contribution >= 0.6 is 11.3 Å². The van der Waals surface area contributed by atoms with E-state index < -0.39 is 0 Å². The Morgan fingerprint density at radius 2 is 2.36 bits per heavy atom. The average Bonchev–Trinajstić information content (AvgIpc) is 2.89. The fraction of sp³-hybridized carbons (Fsp3) is 0.625. The van der Waals surface area contributed by atoms with Gasteiger partial charge in [0.05, 0.1) is 6.54 Å². The van der Waals surface area contributed by atoms with E-state index in [2.05, 4.69) is 33.9 Å². The van der Waals surface area contributed by atoms with Gasteiger partial charge in [-0.1, -0.05) is 0 Å². The Hall–Kier alpha value is -1.40. The molecule has 0 aliphatic carbocycles. The molecule has 0 saturated carbocycles. The number of hydrogen-bond donors (Lipinski definition) is 2. The van der Waals surface area contributed by atoms with Crippen LogP contribution in [0.15, 0.2) is 11.4 Å². The van der Waals surface area contributed by atoms with Crippen molar-refractivity contribution in [1.29, 1.82) is 0 Å². The van der Waals surface area contributed by atoms with Crippen LogP contribution in [0.1, 0.15) is 42.7 Å². The van der Waals surface area contributed by atoms with E-state index in [1.807, 2.05) is 0 Å². The van der Waals surface area contributed by atoms with Crippen molar-refractivity contribution < 1.29 is 9.59 Å². The monoisotopic (exact) mass is 321 g/mol. The number of rotatable bonds is 3. The maximum absolute atomic E-state index is 12.3. The zero-order valence-corrected chi connectivity index (χ0v) is 13.7. The molecule has 1 aromatic rings. The van der Waals surface area contributed by atoms with Crippen molar-refractivity contribution in [1.82, 2.24) is 15.5 Å². The molecule has 2 atom stereocenters. The minimum atomic E-state index is -0.369. The molecule has 6 heteroatoms. The van der Waals surface area contributed by atoms with Gasteiger partial charge in [0.15, 0.2) is 0 Å². The van der Waals surface area contributed by atoms with E-state index in [0.717, 1.165) is 38.8 Å². The Labute approximate surface area is 135 Å². The first-order valence-corrected chi connectivity index (χ1v) is 8.90. The van der Waals surface area contributed by atoms with Gasteiger partial charge in [0, 0.05) is 24.0 Å². The fourth-order valence-electron chi connectivity index (χ4n) is 3.28. The van der Waals surface area contributed by atoms with Crippen molar-refractivity contribution in [3.05, 3.63) is 21.9 Å². The summed E-state index contributed by atoms with van der Waals surface area (Å²) in [5, 5.41) is 7.89. The van der Waals surface area contributed by atoms with Gasteiger partial charge in [-0.15, -0.1) is 11.3 Å². The molecule has 0 bridgehead atoms. The van der Waals surface area contributed by atoms with Crippen molar-refractivity contribution in [2.24, 2.45) is 0 Å². The Morgan fingerprint density at radius 3 is 3.23 bits per heavy atom. The molecule has 22 heavy (non-hydrogen) atoms. The average molecular weight is 321 g/mol. The summed E-state index contributed by atoms with van der Waals surface area (Å²) < 4.78 is 0. The summed E-state index contributed by atoms with van der Waals surface area (Å²) >= 11 is 1.80. The summed E-state index contributed by atoms with van der Waals surface area (Å²) in [6, 6.07) is 2.06. The summed E-state index contributed by atoms with van der Waals surface area (Å²) in [4.78, 5) is 27.8. The molecule has 2 aliphatic heterocycles. The van der Waals surface area contributed by atoms with E-state index >= 15 is 0 Å². The number of amides is 2. The summed E-state index contributed by atoms with van der Waals surface area (Å²) in [6.45, 7) is 4.13. The zero-order valence-electron chi connectivity index (χ0n) is 12.9. The quantitative estimate of drug-likeness (QED) is 0.886. The van der Waals surface area contributed by atoms with Crippen LogP contribution in [0.4, 0.5) is 0 Å². The molecule has 5 nitrogen and oxygen atoms in total. The third-order valence-electron chi connectivity index (χ3n) is 4.62. The van der Waals surface area contributed by atoms with Crippen molar-refractivity contribution in [3.8, 4) is 0 Å². The highest BCUT2D eigenvalue weighted by molar-refractivity contribution is 7.10. The van der Waals surface area contributed by atoms with Gasteiger partial charge in [-0.3, -0.25) is 14.5 Å². The number of nitrogens with one attached hydrogen (secondary N) is 2. The number of carbonyl (C=O) groups is 2. The minimum absolute atomic E-state index is 0.0438. The molecule has 3 heterocycles. The van der Waals surface area contributed by atoms with Gasteiger partial charge in [-0.05, 0) is 49.6 Å². The maximum atomic E-state index is 12.3. The smallest absolute Gasteiger partial charge is 0.242 e. The second-order valence-corrected chi connectivity index (χ2v) is 7.10. The van der Waals surface area contributed by atoms with E-state index in [1.165, 1.54) is 10.4 Å². The molecule has 0 radical (unpaired) electrons. The lowest BCUT2D eigenvalue weighted by Gasteiger charge is -2.33. The number of carbonyl (C=O) groups excluding carboxylic acids is 2. The molecule has 2 N–H and O–H groups in total. The van der Waals surface area contributed by atoms with Gasteiger partial charge in [0.1, 0.15) is 6.04 Å². The zero-order chi connectivity index (χ0) is 15.5. The molecule has 2 aliphatic rings. The van der Waals surface area contributed by atoms with Gasteiger partial charge >= 0.3 is 0 Å². The first kappa shape index (κ1) is 15.5. The SMILES string of the molecule is C[C@H]1c2ccsc2CCN1CC(=O)N[C@H]1CCCCNC1=O. The largest absolute Gasteiger partial charge is 0.354 e. The molecule has 0 spiro atoms. The van der Waals surface area contributed by atoms with Crippen LogP contribution in [0.5, 0.6) is 0 Å². The lowest BCUT2D eigenvalue weighted by Crippen LogP contribution is -2.49. The van der Waals surface area contributed by atoms with Crippen molar-refractivity contribution >= 4 is 23.2 Å². The Bertz CT molecular complexity index is 557. The van der Waals surface area contributed by atoms with Crippen LogP contribution in [0, 0.1) is 0 Å². The van der Waals surface area contributed by atoms with Crippen LogP contribution in [0.3, 0.4) is 0 Å². The van der Waals surface area contributed by atoms with Gasteiger partial charge in [-0.2, -0.15) is 0 Å². The second-order valence-electron chi connectivity index (χ2n) is 6.10. The molecule has 0 unspecified atom stereocenters. The van der Waals surface area contributed by atoms with E-state index in [4.69, 9.17) is 0 Å². The van der Waals surface area contributed by atoms with E-state index in [9.17, 15) is 9.59 Å². The molecule has 3 rings (SSSR count). The van der Waals surface area contributed by atoms with Gasteiger partial charge in [0.2, 0.25) is 11.8 Å². The highest BCUT2D eigenvalue weighted by atomic mass is 32.1. The Kier molecular flexibility index (Phi) is 4.78. The van der Waals surface area contributed by atoms with Crippen LogP contribution in [0.2, 0.25) is 0 Å². The lowest BCUT2D eigenvalue weighted by atomic mass is 10.0. The summed E-state index contributed by atoms with van der Waals surface area (Å²) in [7, 11) is 0. The normalized spacial score (nSPS) is 26.0. The summed E-state index contributed by atoms with van der Waals surface area (Å²) in [6.07, 6.45) is 3.71. The fourth-order valence-corrected chi connectivity index (χ4v) is 4.24. The van der Waals surface area contributed by atoms with Crippen LogP contribution in [0.25, 0.3) is 0 Å². The highest BCUT2D eigenvalue weighted by Crippen LogP contribution is 2.32. The molecule has 120 valence electrons. The standard InChI is InChI=1S/C16H23N3O2S/c1-11-12-6-9-22-14(12)5-8-19(11)10-15(20)18-13-4-2-3-7-17-16(13)21/h6,9,11,13H,2-5,7-8,10H2,1H3,(H,17,21)(H,18,20)/t11-,13-/m0/s1. The molecular weight excluding hydrogens is 298 g/mol.